The van der Waals surface area contributed by atoms with E-state index in [-0.39, 0.29) is 11.6 Å². The normalized spacial score (nSPS) is 11.7. The molecule has 0 aliphatic carbocycles. The molecular formula is C9H6F3N3O. The Bertz CT molecular complexity index is 489. The number of nitrogens with zero attached hydrogens (tertiary/aromatic N) is 3. The van der Waals surface area contributed by atoms with Crippen LogP contribution in [0.15, 0.2) is 30.9 Å². The van der Waals surface area contributed by atoms with Crippen molar-refractivity contribution in [1.82, 2.24) is 14.5 Å². The van der Waals surface area contributed by atoms with Crippen molar-refractivity contribution in [2.45, 2.75) is 6.18 Å². The van der Waals surface area contributed by atoms with Crippen LogP contribution in [0.5, 0.6) is 5.75 Å². The van der Waals surface area contributed by atoms with Crippen LogP contribution in [0, 0.1) is 0 Å². The standard InChI is InChI=1S/C9H6F3N3O/c10-9(11,12)7-4-15(5-14-7)8-2-1-6(16)3-13-8/h1-5,16H. The van der Waals surface area contributed by atoms with Crippen molar-refractivity contribution in [2.75, 3.05) is 0 Å². The molecule has 4 nitrogen and oxygen atoms in total. The van der Waals surface area contributed by atoms with Crippen LogP contribution in [0.3, 0.4) is 0 Å². The number of rotatable bonds is 1. The first-order valence-electron chi connectivity index (χ1n) is 4.23. The van der Waals surface area contributed by atoms with Crippen molar-refractivity contribution in [3.05, 3.63) is 36.5 Å². The maximum absolute atomic E-state index is 12.2. The highest BCUT2D eigenvalue weighted by Gasteiger charge is 2.33. The minimum absolute atomic E-state index is 0.0556. The maximum atomic E-state index is 12.2. The molecule has 7 heteroatoms. The third kappa shape index (κ3) is 1.97. The average molecular weight is 229 g/mol. The lowest BCUT2D eigenvalue weighted by atomic mass is 10.4. The van der Waals surface area contributed by atoms with Gasteiger partial charge in [-0.15, -0.1) is 0 Å². The summed E-state index contributed by atoms with van der Waals surface area (Å²) in [6.45, 7) is 0. The molecule has 2 aromatic heterocycles. The molecule has 0 atom stereocenters. The van der Waals surface area contributed by atoms with Gasteiger partial charge in [0.15, 0.2) is 5.69 Å². The molecule has 0 unspecified atom stereocenters. The molecule has 0 aromatic carbocycles. The molecule has 0 fully saturated rings. The van der Waals surface area contributed by atoms with Crippen LogP contribution in [0.1, 0.15) is 5.69 Å². The number of aromatic hydroxyl groups is 1. The molecule has 1 N–H and O–H groups in total. The van der Waals surface area contributed by atoms with Gasteiger partial charge in [-0.05, 0) is 12.1 Å². The second-order valence-electron chi connectivity index (χ2n) is 3.04. The molecule has 2 aromatic rings. The molecule has 0 amide bonds. The van der Waals surface area contributed by atoms with Gasteiger partial charge < -0.3 is 5.11 Å². The van der Waals surface area contributed by atoms with E-state index in [4.69, 9.17) is 5.11 Å². The highest BCUT2D eigenvalue weighted by atomic mass is 19.4. The Morgan fingerprint density at radius 2 is 1.94 bits per heavy atom. The highest BCUT2D eigenvalue weighted by molar-refractivity contribution is 5.28. The first kappa shape index (κ1) is 10.5. The van der Waals surface area contributed by atoms with Gasteiger partial charge in [0.1, 0.15) is 17.9 Å². The Balaban J connectivity index is 2.35. The van der Waals surface area contributed by atoms with Gasteiger partial charge in [-0.1, -0.05) is 0 Å². The second-order valence-corrected chi connectivity index (χ2v) is 3.04. The Morgan fingerprint density at radius 1 is 1.19 bits per heavy atom. The topological polar surface area (TPSA) is 50.9 Å². The minimum Gasteiger partial charge on any atom is -0.506 e. The fourth-order valence-corrected chi connectivity index (χ4v) is 1.13. The highest BCUT2D eigenvalue weighted by Crippen LogP contribution is 2.27. The number of imidazole rings is 1. The third-order valence-electron chi connectivity index (χ3n) is 1.87. The van der Waals surface area contributed by atoms with Crippen LogP contribution in [-0.4, -0.2) is 19.6 Å². The smallest absolute Gasteiger partial charge is 0.434 e. The summed E-state index contributed by atoms with van der Waals surface area (Å²) >= 11 is 0. The minimum atomic E-state index is -4.47. The first-order valence-corrected chi connectivity index (χ1v) is 4.23. The SMILES string of the molecule is Oc1ccc(-n2cnc(C(F)(F)F)c2)nc1. The fraction of sp³-hybridized carbons (Fsp3) is 0.111. The predicted octanol–water partition coefficient (Wildman–Crippen LogP) is 1.99. The molecule has 2 heterocycles. The Kier molecular flexibility index (Phi) is 2.30. The fourth-order valence-electron chi connectivity index (χ4n) is 1.13. The Morgan fingerprint density at radius 3 is 2.44 bits per heavy atom. The summed E-state index contributed by atoms with van der Waals surface area (Å²) in [7, 11) is 0. The summed E-state index contributed by atoms with van der Waals surface area (Å²) in [5.74, 6) is 0.195. The van der Waals surface area contributed by atoms with Crippen molar-refractivity contribution in [2.24, 2.45) is 0 Å². The number of hydrogen-bond donors (Lipinski definition) is 1. The molecular weight excluding hydrogens is 223 g/mol. The lowest BCUT2D eigenvalue weighted by Crippen LogP contribution is -2.05. The predicted molar refractivity (Wildman–Crippen MR) is 48.0 cm³/mol. The van der Waals surface area contributed by atoms with Crippen molar-refractivity contribution in [3.63, 3.8) is 0 Å². The van der Waals surface area contributed by atoms with Crippen LogP contribution < -0.4 is 0 Å². The second kappa shape index (κ2) is 3.51. The van der Waals surface area contributed by atoms with E-state index < -0.39 is 11.9 Å². The Hall–Kier alpha value is -2.05. The van der Waals surface area contributed by atoms with Crippen molar-refractivity contribution in [1.29, 1.82) is 0 Å². The summed E-state index contributed by atoms with van der Waals surface area (Å²) < 4.78 is 37.9. The van der Waals surface area contributed by atoms with Crippen LogP contribution in [0.2, 0.25) is 0 Å². The quantitative estimate of drug-likeness (QED) is 0.813. The van der Waals surface area contributed by atoms with Crippen LogP contribution >= 0.6 is 0 Å². The summed E-state index contributed by atoms with van der Waals surface area (Å²) in [5.41, 5.74) is -0.984. The summed E-state index contributed by atoms with van der Waals surface area (Å²) in [6, 6.07) is 2.72. The molecule has 2 rings (SSSR count). The number of pyridine rings is 1. The van der Waals surface area contributed by atoms with Gasteiger partial charge in [-0.2, -0.15) is 13.2 Å². The van der Waals surface area contributed by atoms with Gasteiger partial charge in [0, 0.05) is 6.20 Å². The van der Waals surface area contributed by atoms with E-state index in [0.29, 0.717) is 0 Å². The van der Waals surface area contributed by atoms with Gasteiger partial charge in [0.2, 0.25) is 0 Å². The number of halogens is 3. The van der Waals surface area contributed by atoms with Gasteiger partial charge in [0.05, 0.1) is 6.20 Å². The molecule has 0 radical (unpaired) electrons. The van der Waals surface area contributed by atoms with Gasteiger partial charge >= 0.3 is 6.18 Å². The van der Waals surface area contributed by atoms with Crippen molar-refractivity contribution in [3.8, 4) is 11.6 Å². The van der Waals surface area contributed by atoms with Crippen LogP contribution in [0.25, 0.3) is 5.82 Å². The van der Waals surface area contributed by atoms with E-state index in [9.17, 15) is 13.2 Å². The van der Waals surface area contributed by atoms with Crippen molar-refractivity contribution >= 4 is 0 Å². The lowest BCUT2D eigenvalue weighted by Gasteiger charge is -2.01. The Labute approximate surface area is 88.0 Å². The zero-order chi connectivity index (χ0) is 11.8. The average Bonchev–Trinajstić information content (AvgIpc) is 2.67. The zero-order valence-electron chi connectivity index (χ0n) is 7.81. The molecule has 0 bridgehead atoms. The summed E-state index contributed by atoms with van der Waals surface area (Å²) in [5, 5.41) is 8.97. The monoisotopic (exact) mass is 229 g/mol. The first-order chi connectivity index (χ1) is 7.47. The molecule has 0 saturated heterocycles. The third-order valence-corrected chi connectivity index (χ3v) is 1.87. The molecule has 0 saturated carbocycles. The van der Waals surface area contributed by atoms with Gasteiger partial charge in [0.25, 0.3) is 0 Å². The van der Waals surface area contributed by atoms with Gasteiger partial charge in [-0.25, -0.2) is 9.97 Å². The number of hydrogen-bond acceptors (Lipinski definition) is 3. The van der Waals surface area contributed by atoms with E-state index in [1.807, 2.05) is 0 Å². The largest absolute Gasteiger partial charge is 0.506 e. The van der Waals surface area contributed by atoms with Crippen LogP contribution in [-0.2, 0) is 6.18 Å². The van der Waals surface area contributed by atoms with E-state index in [1.165, 1.54) is 12.1 Å². The van der Waals surface area contributed by atoms with Crippen molar-refractivity contribution < 1.29 is 18.3 Å². The maximum Gasteiger partial charge on any atom is 0.434 e. The van der Waals surface area contributed by atoms with Crippen LogP contribution in [0.4, 0.5) is 13.2 Å². The van der Waals surface area contributed by atoms with Gasteiger partial charge in [-0.3, -0.25) is 4.57 Å². The lowest BCUT2D eigenvalue weighted by molar-refractivity contribution is -0.140. The number of aromatic nitrogens is 3. The molecule has 0 aliphatic heterocycles. The van der Waals surface area contributed by atoms with E-state index in [2.05, 4.69) is 9.97 Å². The van der Waals surface area contributed by atoms with E-state index >= 15 is 0 Å². The molecule has 16 heavy (non-hydrogen) atoms. The number of alkyl halides is 3. The van der Waals surface area contributed by atoms with E-state index in [0.717, 1.165) is 23.3 Å². The molecule has 84 valence electrons. The summed E-state index contributed by atoms with van der Waals surface area (Å²) in [6.07, 6.45) is -1.48. The molecule has 0 aliphatic rings. The summed E-state index contributed by atoms with van der Waals surface area (Å²) in [4.78, 5) is 6.97. The molecule has 0 spiro atoms. The van der Waals surface area contributed by atoms with E-state index in [1.54, 1.807) is 0 Å². The zero-order valence-corrected chi connectivity index (χ0v) is 7.81.